The second-order valence-corrected chi connectivity index (χ2v) is 11.3. The van der Waals surface area contributed by atoms with Gasteiger partial charge in [-0.1, -0.05) is 23.7 Å². The number of ether oxygens (including phenoxy) is 2. The Kier molecular flexibility index (Phi) is 7.58. The van der Waals surface area contributed by atoms with Crippen LogP contribution in [0.15, 0.2) is 29.7 Å². The third-order valence-corrected chi connectivity index (χ3v) is 8.30. The minimum absolute atomic E-state index is 0.000327. The van der Waals surface area contributed by atoms with Crippen LogP contribution in [0.3, 0.4) is 0 Å². The highest BCUT2D eigenvalue weighted by molar-refractivity contribution is 7.85. The number of alkyl halides is 1. The van der Waals surface area contributed by atoms with Crippen molar-refractivity contribution < 1.29 is 48.0 Å². The van der Waals surface area contributed by atoms with Gasteiger partial charge >= 0.3 is 10.1 Å². The average Bonchev–Trinajstić information content (AvgIpc) is 3.40. The Labute approximate surface area is 215 Å². The van der Waals surface area contributed by atoms with Crippen molar-refractivity contribution in [1.82, 2.24) is 14.8 Å². The Balaban J connectivity index is 1.60. The summed E-state index contributed by atoms with van der Waals surface area (Å²) in [4.78, 5) is 2.40. The van der Waals surface area contributed by atoms with E-state index >= 15 is 0 Å². The van der Waals surface area contributed by atoms with Crippen LogP contribution >= 0.6 is 23.2 Å². The smallest absolute Gasteiger partial charge is 0.330 e. The molecule has 1 unspecified atom stereocenters. The number of nitrogens with zero attached hydrogens (tertiary/aromatic N) is 3. The molecule has 6 N–H and O–H groups in total. The van der Waals surface area contributed by atoms with E-state index < -0.39 is 69.6 Å². The molecule has 1 saturated heterocycles. The number of halogens is 2. The molecule has 200 valence electrons. The van der Waals surface area contributed by atoms with Crippen LogP contribution in [0, 0.1) is 0 Å². The Hall–Kier alpha value is -1.59. The molecule has 1 aliphatic carbocycles. The zero-order chi connectivity index (χ0) is 26.5. The lowest BCUT2D eigenvalue weighted by Gasteiger charge is -2.39. The van der Waals surface area contributed by atoms with Crippen LogP contribution in [0.25, 0.3) is 0 Å². The van der Waals surface area contributed by atoms with E-state index in [2.05, 4.69) is 10.1 Å². The third-order valence-electron chi connectivity index (χ3n) is 6.36. The normalized spacial score (nSPS) is 29.5. The quantitative estimate of drug-likeness (QED) is 0.160. The molecule has 2 fully saturated rings. The number of rotatable bonds is 9. The maximum absolute atomic E-state index is 11.6. The zero-order valence-electron chi connectivity index (χ0n) is 18.6. The van der Waals surface area contributed by atoms with Crippen LogP contribution in [-0.4, -0.2) is 101 Å². The lowest BCUT2D eigenvalue weighted by molar-refractivity contribution is -0.277. The summed E-state index contributed by atoms with van der Waals surface area (Å²) in [5.74, 6) is -0.000327. The van der Waals surface area contributed by atoms with E-state index in [9.17, 15) is 38.5 Å². The van der Waals surface area contributed by atoms with Crippen molar-refractivity contribution in [3.05, 3.63) is 35.1 Å². The van der Waals surface area contributed by atoms with Crippen LogP contribution in [0.2, 0.25) is 5.02 Å². The van der Waals surface area contributed by atoms with Crippen molar-refractivity contribution in [2.45, 2.75) is 72.1 Å². The van der Waals surface area contributed by atoms with E-state index in [0.29, 0.717) is 18.4 Å². The second-order valence-electron chi connectivity index (χ2n) is 8.89. The Morgan fingerprint density at radius 1 is 1.22 bits per heavy atom. The molecule has 4 rings (SSSR count). The molecule has 6 atom stereocenters. The Morgan fingerprint density at radius 2 is 1.92 bits per heavy atom. The minimum atomic E-state index is -4.72. The Bertz CT molecular complexity index is 1210. The molecule has 1 aliphatic heterocycles. The highest BCUT2D eigenvalue weighted by Gasteiger charge is 2.58. The fourth-order valence-electron chi connectivity index (χ4n) is 4.13. The van der Waals surface area contributed by atoms with E-state index in [0.717, 1.165) is 11.0 Å². The molecule has 13 nitrogen and oxygen atoms in total. The van der Waals surface area contributed by atoms with E-state index in [1.165, 1.54) is 12.1 Å². The third kappa shape index (κ3) is 5.20. The van der Waals surface area contributed by atoms with Crippen molar-refractivity contribution in [2.75, 3.05) is 6.61 Å². The molecule has 0 amide bonds. The van der Waals surface area contributed by atoms with E-state index in [1.807, 2.05) is 0 Å². The number of hydrogen-bond donors (Lipinski definition) is 6. The summed E-state index contributed by atoms with van der Waals surface area (Å²) in [5.41, 5.74) is -1.45. The van der Waals surface area contributed by atoms with Crippen LogP contribution in [0.1, 0.15) is 18.4 Å². The molecule has 16 heteroatoms. The van der Waals surface area contributed by atoms with Crippen LogP contribution < -0.4 is 4.74 Å². The van der Waals surface area contributed by atoms with Gasteiger partial charge < -0.3 is 35.0 Å². The van der Waals surface area contributed by atoms with Gasteiger partial charge in [0.25, 0.3) is 5.16 Å². The summed E-state index contributed by atoms with van der Waals surface area (Å²) >= 11 is 13.1. The largest absolute Gasteiger partial charge is 0.460 e. The molecule has 1 aromatic heterocycles. The van der Waals surface area contributed by atoms with Crippen molar-refractivity contribution in [3.8, 4) is 5.75 Å². The van der Waals surface area contributed by atoms with Crippen LogP contribution in [0.4, 0.5) is 0 Å². The van der Waals surface area contributed by atoms with E-state index in [1.54, 1.807) is 6.07 Å². The summed E-state index contributed by atoms with van der Waals surface area (Å²) in [6.07, 6.45) is -6.00. The first-order valence-corrected chi connectivity index (χ1v) is 13.0. The number of aliphatic hydroxyl groups excluding tert-OH is 4. The van der Waals surface area contributed by atoms with Gasteiger partial charge in [-0.3, -0.25) is 4.55 Å². The number of hydrogen-bond acceptors (Lipinski definition) is 11. The van der Waals surface area contributed by atoms with Gasteiger partial charge in [0.05, 0.1) is 23.0 Å². The van der Waals surface area contributed by atoms with Crippen molar-refractivity contribution >= 4 is 33.3 Å². The SMILES string of the molecule is O=S(=O)(O)c1ncnn1CC(O)(Cc1cccc(O[C@@H]2O[C@H](CO)[C@@H](O)[C@H](O)[C@H]2O)c1Cl)C1(Cl)CC1. The van der Waals surface area contributed by atoms with Gasteiger partial charge in [-0.2, -0.15) is 13.5 Å². The molecule has 1 aromatic carbocycles. The summed E-state index contributed by atoms with van der Waals surface area (Å²) < 4.78 is 44.5. The van der Waals surface area contributed by atoms with E-state index in [4.69, 9.17) is 32.7 Å². The zero-order valence-corrected chi connectivity index (χ0v) is 20.9. The fourth-order valence-corrected chi connectivity index (χ4v) is 5.15. The molecule has 2 aromatic rings. The fraction of sp³-hybridized carbons (Fsp3) is 0.600. The minimum Gasteiger partial charge on any atom is -0.460 e. The lowest BCUT2D eigenvalue weighted by atomic mass is 9.88. The van der Waals surface area contributed by atoms with Gasteiger partial charge in [-0.05, 0) is 24.5 Å². The van der Waals surface area contributed by atoms with Gasteiger partial charge in [0, 0.05) is 6.42 Å². The van der Waals surface area contributed by atoms with Gasteiger partial charge in [-0.15, -0.1) is 11.6 Å². The van der Waals surface area contributed by atoms with Gasteiger partial charge in [-0.25, -0.2) is 9.67 Å². The second kappa shape index (κ2) is 9.94. The first kappa shape index (κ1) is 27.4. The lowest BCUT2D eigenvalue weighted by Crippen LogP contribution is -2.60. The molecular formula is C20H25Cl2N3O10S. The summed E-state index contributed by atoms with van der Waals surface area (Å²) in [7, 11) is -4.72. The molecule has 1 saturated carbocycles. The van der Waals surface area contributed by atoms with Gasteiger partial charge in [0.1, 0.15) is 42.1 Å². The predicted octanol–water partition coefficient (Wildman–Crippen LogP) is -0.898. The van der Waals surface area contributed by atoms with Crippen LogP contribution in [-0.2, 0) is 27.8 Å². The standard InChI is InChI=1S/C20H25Cl2N3O10S/c21-13-10(2-1-3-11(13)34-17-16(29)15(28)14(27)12(7-26)35-17)6-20(30,19(22)4-5-19)8-25-18(23-9-24-25)36(31,32)33/h1-3,9,12,14-17,26-30H,4-8H2,(H,31,32,33)/t12-,14-,15+,16-,17-,20?/m1/s1. The highest BCUT2D eigenvalue weighted by atomic mass is 35.5. The number of benzene rings is 1. The first-order chi connectivity index (χ1) is 16.8. The number of aliphatic hydroxyl groups is 5. The van der Waals surface area contributed by atoms with Gasteiger partial charge in [0.15, 0.2) is 0 Å². The molecule has 2 heterocycles. The van der Waals surface area contributed by atoms with Crippen molar-refractivity contribution in [2.24, 2.45) is 0 Å². The molecule has 0 spiro atoms. The summed E-state index contributed by atoms with van der Waals surface area (Å²) in [6.45, 7) is -1.07. The maximum Gasteiger partial charge on any atom is 0.330 e. The molecule has 36 heavy (non-hydrogen) atoms. The van der Waals surface area contributed by atoms with Crippen molar-refractivity contribution in [3.63, 3.8) is 0 Å². The Morgan fingerprint density at radius 3 is 2.53 bits per heavy atom. The predicted molar refractivity (Wildman–Crippen MR) is 122 cm³/mol. The molecule has 0 bridgehead atoms. The van der Waals surface area contributed by atoms with Gasteiger partial charge in [0.2, 0.25) is 6.29 Å². The monoisotopic (exact) mass is 569 g/mol. The maximum atomic E-state index is 11.6. The molecule has 2 aliphatic rings. The van der Waals surface area contributed by atoms with E-state index in [-0.39, 0.29) is 17.2 Å². The topological polar surface area (TPSA) is 205 Å². The highest BCUT2D eigenvalue weighted by Crippen LogP contribution is 2.53. The first-order valence-electron chi connectivity index (χ1n) is 10.8. The molecular weight excluding hydrogens is 545 g/mol. The van der Waals surface area contributed by atoms with Crippen LogP contribution in [0.5, 0.6) is 5.75 Å². The number of aromatic nitrogens is 3. The molecule has 0 radical (unpaired) electrons. The summed E-state index contributed by atoms with van der Waals surface area (Å²) in [6, 6.07) is 4.54. The van der Waals surface area contributed by atoms with Crippen molar-refractivity contribution in [1.29, 1.82) is 0 Å². The average molecular weight is 570 g/mol. The summed E-state index contributed by atoms with van der Waals surface area (Å²) in [5, 5.41) is 54.2.